The highest BCUT2D eigenvalue weighted by Gasteiger charge is 2.19. The summed E-state index contributed by atoms with van der Waals surface area (Å²) >= 11 is 0. The topological polar surface area (TPSA) is 73.1 Å². The first-order valence-corrected chi connectivity index (χ1v) is 5.64. The van der Waals surface area contributed by atoms with Crippen LogP contribution in [0.1, 0.15) is 23.0 Å². The minimum Gasteiger partial charge on any atom is -0.496 e. The third-order valence-electron chi connectivity index (χ3n) is 2.71. The van der Waals surface area contributed by atoms with Gasteiger partial charge in [0.2, 0.25) is 0 Å². The van der Waals surface area contributed by atoms with Crippen LogP contribution in [0.3, 0.4) is 0 Å². The van der Waals surface area contributed by atoms with Gasteiger partial charge in [0.05, 0.1) is 7.11 Å². The van der Waals surface area contributed by atoms with Gasteiger partial charge in [-0.15, -0.1) is 0 Å². The van der Waals surface area contributed by atoms with E-state index in [-0.39, 0.29) is 6.04 Å². The van der Waals surface area contributed by atoms with Crippen LogP contribution in [0.4, 0.5) is 0 Å². The van der Waals surface area contributed by atoms with Crippen LogP contribution >= 0.6 is 0 Å². The van der Waals surface area contributed by atoms with Gasteiger partial charge >= 0.3 is 0 Å². The highest BCUT2D eigenvalue weighted by atomic mass is 16.5. The predicted molar refractivity (Wildman–Crippen MR) is 68.9 cm³/mol. The van der Waals surface area contributed by atoms with E-state index in [4.69, 9.17) is 10.6 Å². The first kappa shape index (κ1) is 12.5. The summed E-state index contributed by atoms with van der Waals surface area (Å²) in [5.41, 5.74) is 4.78. The minimum absolute atomic E-state index is 0.291. The summed E-state index contributed by atoms with van der Waals surface area (Å²) in [4.78, 5) is 8.44. The predicted octanol–water partition coefficient (Wildman–Crippen LogP) is 1.35. The fourth-order valence-electron chi connectivity index (χ4n) is 1.84. The maximum absolute atomic E-state index is 5.62. The Kier molecular flexibility index (Phi) is 3.86. The molecule has 1 unspecified atom stereocenters. The molecule has 0 aliphatic rings. The number of hydrogen-bond acceptors (Lipinski definition) is 5. The number of ether oxygens (including phenoxy) is 1. The Labute approximate surface area is 106 Å². The van der Waals surface area contributed by atoms with Crippen LogP contribution < -0.4 is 16.0 Å². The Morgan fingerprint density at radius 3 is 2.61 bits per heavy atom. The van der Waals surface area contributed by atoms with Gasteiger partial charge in [0.15, 0.2) is 5.82 Å². The lowest BCUT2D eigenvalue weighted by molar-refractivity contribution is 0.403. The number of hydrazine groups is 1. The lowest BCUT2D eigenvalue weighted by atomic mass is 10.0. The number of benzene rings is 1. The quantitative estimate of drug-likeness (QED) is 0.627. The van der Waals surface area contributed by atoms with Crippen molar-refractivity contribution in [3.05, 3.63) is 53.6 Å². The zero-order chi connectivity index (χ0) is 13.0. The standard InChI is InChI=1S/C13H16N4O/c1-9-4-5-11(18-2)10(8-9)12(17-14)13-15-6-3-7-16-13/h3-8,12,17H,14H2,1-2H3. The monoisotopic (exact) mass is 244 g/mol. The van der Waals surface area contributed by atoms with Crippen molar-refractivity contribution in [3.8, 4) is 5.75 Å². The second-order valence-corrected chi connectivity index (χ2v) is 3.95. The summed E-state index contributed by atoms with van der Waals surface area (Å²) < 4.78 is 5.35. The van der Waals surface area contributed by atoms with Crippen molar-refractivity contribution in [2.75, 3.05) is 7.11 Å². The molecular formula is C13H16N4O. The number of nitrogens with zero attached hydrogens (tertiary/aromatic N) is 2. The number of aryl methyl sites for hydroxylation is 1. The lowest BCUT2D eigenvalue weighted by Gasteiger charge is -2.18. The Balaban J connectivity index is 2.48. The third kappa shape index (κ3) is 2.47. The zero-order valence-electron chi connectivity index (χ0n) is 10.4. The fraction of sp³-hybridized carbons (Fsp3) is 0.231. The molecule has 0 fully saturated rings. The number of methoxy groups -OCH3 is 1. The van der Waals surface area contributed by atoms with Gasteiger partial charge in [-0.3, -0.25) is 5.84 Å². The first-order chi connectivity index (χ1) is 8.76. The summed E-state index contributed by atoms with van der Waals surface area (Å²) in [6.07, 6.45) is 3.38. The van der Waals surface area contributed by atoms with E-state index < -0.39 is 0 Å². The van der Waals surface area contributed by atoms with Gasteiger partial charge in [0.1, 0.15) is 11.8 Å². The molecule has 0 radical (unpaired) electrons. The van der Waals surface area contributed by atoms with Gasteiger partial charge in [-0.25, -0.2) is 15.4 Å². The molecule has 0 saturated heterocycles. The average molecular weight is 244 g/mol. The van der Waals surface area contributed by atoms with Crippen molar-refractivity contribution in [2.45, 2.75) is 13.0 Å². The molecule has 1 heterocycles. The van der Waals surface area contributed by atoms with Crippen molar-refractivity contribution in [3.63, 3.8) is 0 Å². The first-order valence-electron chi connectivity index (χ1n) is 5.64. The zero-order valence-corrected chi connectivity index (χ0v) is 10.4. The van der Waals surface area contributed by atoms with Gasteiger partial charge in [-0.2, -0.15) is 0 Å². The van der Waals surface area contributed by atoms with Crippen molar-refractivity contribution in [2.24, 2.45) is 5.84 Å². The fourth-order valence-corrected chi connectivity index (χ4v) is 1.84. The second-order valence-electron chi connectivity index (χ2n) is 3.95. The third-order valence-corrected chi connectivity index (χ3v) is 2.71. The normalized spacial score (nSPS) is 12.2. The molecule has 0 amide bonds. The molecule has 1 aromatic carbocycles. The summed E-state index contributed by atoms with van der Waals surface area (Å²) in [5.74, 6) is 7.00. The number of nitrogens with one attached hydrogen (secondary N) is 1. The minimum atomic E-state index is -0.291. The molecule has 0 spiro atoms. The molecule has 0 aliphatic carbocycles. The maximum Gasteiger partial charge on any atom is 0.151 e. The van der Waals surface area contributed by atoms with Crippen LogP contribution in [0.15, 0.2) is 36.7 Å². The smallest absolute Gasteiger partial charge is 0.151 e. The summed E-state index contributed by atoms with van der Waals surface area (Å²) in [5, 5.41) is 0. The molecular weight excluding hydrogens is 228 g/mol. The van der Waals surface area contributed by atoms with Crippen molar-refractivity contribution >= 4 is 0 Å². The van der Waals surface area contributed by atoms with Gasteiger partial charge in [0.25, 0.3) is 0 Å². The van der Waals surface area contributed by atoms with Gasteiger partial charge in [0, 0.05) is 18.0 Å². The van der Waals surface area contributed by atoms with E-state index in [1.54, 1.807) is 25.6 Å². The van der Waals surface area contributed by atoms with Gasteiger partial charge in [-0.05, 0) is 19.1 Å². The molecule has 0 bridgehead atoms. The second kappa shape index (κ2) is 5.57. The van der Waals surface area contributed by atoms with E-state index >= 15 is 0 Å². The Morgan fingerprint density at radius 2 is 2.00 bits per heavy atom. The Bertz CT molecular complexity index is 516. The van der Waals surface area contributed by atoms with E-state index in [9.17, 15) is 0 Å². The highest BCUT2D eigenvalue weighted by Crippen LogP contribution is 2.28. The number of rotatable bonds is 4. The SMILES string of the molecule is COc1ccc(C)cc1C(NN)c1ncccn1. The molecule has 0 aliphatic heterocycles. The molecule has 3 N–H and O–H groups in total. The largest absolute Gasteiger partial charge is 0.496 e. The Hall–Kier alpha value is -1.98. The van der Waals surface area contributed by atoms with Gasteiger partial charge < -0.3 is 4.74 Å². The molecule has 5 heteroatoms. The van der Waals surface area contributed by atoms with Crippen LogP contribution in [-0.4, -0.2) is 17.1 Å². The number of nitrogens with two attached hydrogens (primary N) is 1. The van der Waals surface area contributed by atoms with E-state index in [2.05, 4.69) is 15.4 Å². The van der Waals surface area contributed by atoms with Crippen LogP contribution in [0.5, 0.6) is 5.75 Å². The van der Waals surface area contributed by atoms with Crippen LogP contribution in [-0.2, 0) is 0 Å². The van der Waals surface area contributed by atoms with E-state index in [1.807, 2.05) is 25.1 Å². The molecule has 2 rings (SSSR count). The van der Waals surface area contributed by atoms with Crippen molar-refractivity contribution < 1.29 is 4.74 Å². The van der Waals surface area contributed by atoms with Crippen molar-refractivity contribution in [1.82, 2.24) is 15.4 Å². The highest BCUT2D eigenvalue weighted by molar-refractivity contribution is 5.41. The Morgan fingerprint density at radius 1 is 1.28 bits per heavy atom. The number of hydrogen-bond donors (Lipinski definition) is 2. The van der Waals surface area contributed by atoms with E-state index in [1.165, 1.54) is 0 Å². The molecule has 1 aromatic heterocycles. The lowest BCUT2D eigenvalue weighted by Crippen LogP contribution is -2.30. The molecule has 18 heavy (non-hydrogen) atoms. The molecule has 94 valence electrons. The maximum atomic E-state index is 5.62. The molecule has 2 aromatic rings. The molecule has 0 saturated carbocycles. The van der Waals surface area contributed by atoms with Crippen molar-refractivity contribution in [1.29, 1.82) is 0 Å². The van der Waals surface area contributed by atoms with E-state index in [0.29, 0.717) is 5.82 Å². The summed E-state index contributed by atoms with van der Waals surface area (Å²) in [6.45, 7) is 2.02. The average Bonchev–Trinajstić information content (AvgIpc) is 2.41. The van der Waals surface area contributed by atoms with Crippen LogP contribution in [0, 0.1) is 6.92 Å². The molecule has 1 atom stereocenters. The van der Waals surface area contributed by atoms with Crippen LogP contribution in [0.2, 0.25) is 0 Å². The molecule has 5 nitrogen and oxygen atoms in total. The number of aromatic nitrogens is 2. The van der Waals surface area contributed by atoms with E-state index in [0.717, 1.165) is 16.9 Å². The van der Waals surface area contributed by atoms with Crippen LogP contribution in [0.25, 0.3) is 0 Å². The van der Waals surface area contributed by atoms with Gasteiger partial charge in [-0.1, -0.05) is 17.7 Å². The summed E-state index contributed by atoms with van der Waals surface area (Å²) in [6, 6.07) is 7.39. The summed E-state index contributed by atoms with van der Waals surface area (Å²) in [7, 11) is 1.63.